The van der Waals surface area contributed by atoms with Crippen LogP contribution in [0.3, 0.4) is 0 Å². The van der Waals surface area contributed by atoms with Gasteiger partial charge in [0, 0.05) is 10.8 Å². The van der Waals surface area contributed by atoms with Crippen LogP contribution in [0.4, 0.5) is 0 Å². The van der Waals surface area contributed by atoms with Crippen molar-refractivity contribution in [1.29, 1.82) is 0 Å². The first kappa shape index (κ1) is 16.1. The lowest BCUT2D eigenvalue weighted by Crippen LogP contribution is -2.62. The van der Waals surface area contributed by atoms with Crippen molar-refractivity contribution in [2.24, 2.45) is 17.8 Å². The third-order valence-electron chi connectivity index (χ3n) is 6.06. The van der Waals surface area contributed by atoms with Crippen LogP contribution in [-0.2, 0) is 4.79 Å². The van der Waals surface area contributed by atoms with Crippen LogP contribution in [0.2, 0.25) is 0 Å². The Bertz CT molecular complexity index is 590. The smallest absolute Gasteiger partial charge is 0.223 e. The minimum atomic E-state index is -1.12. The number of aldehydes is 1. The summed E-state index contributed by atoms with van der Waals surface area (Å²) in [4.78, 5) is 23.4. The van der Waals surface area contributed by atoms with Crippen LogP contribution < -0.4 is 0 Å². The van der Waals surface area contributed by atoms with Gasteiger partial charge in [-0.25, -0.2) is 0 Å². The molecule has 0 radical (unpaired) electrons. The van der Waals surface area contributed by atoms with Crippen molar-refractivity contribution in [1.82, 2.24) is 0 Å². The van der Waals surface area contributed by atoms with E-state index in [1.165, 1.54) is 0 Å². The fourth-order valence-corrected chi connectivity index (χ4v) is 5.03. The molecule has 0 spiro atoms. The minimum Gasteiger partial charge on any atom is -0.389 e. The van der Waals surface area contributed by atoms with Crippen molar-refractivity contribution in [3.63, 3.8) is 0 Å². The lowest BCUT2D eigenvalue weighted by atomic mass is 9.52. The number of carbonyl (C=O) groups is 1. The number of hydrogen-bond acceptors (Lipinski definition) is 4. The first-order valence-corrected chi connectivity index (χ1v) is 8.37. The van der Waals surface area contributed by atoms with Crippen LogP contribution in [0.5, 0.6) is 0 Å². The maximum atomic E-state index is 11.9. The highest BCUT2D eigenvalue weighted by atomic mass is 16.6. The van der Waals surface area contributed by atoms with Gasteiger partial charge in [-0.15, -0.1) is 0 Å². The standard InChI is InChI=1S/C18H23NO4/c1-12-14-9-5-6-10-18(14,21)15(11-20)16(17(12)19(22)23)13-7-3-2-4-8-13/h2-4,7-8,11-12,14-17,21H,5-6,9-10H2,1H3/t12-,14-,15+,16+,17+,18-/m0/s1. The number of fused-ring (bicyclic) bond motifs is 1. The van der Waals surface area contributed by atoms with E-state index >= 15 is 0 Å². The Morgan fingerprint density at radius 2 is 2.00 bits per heavy atom. The number of rotatable bonds is 3. The average Bonchev–Trinajstić information content (AvgIpc) is 2.54. The van der Waals surface area contributed by atoms with Gasteiger partial charge in [0.25, 0.3) is 0 Å². The maximum absolute atomic E-state index is 11.9. The van der Waals surface area contributed by atoms with Crippen LogP contribution in [0.15, 0.2) is 30.3 Å². The number of aliphatic hydroxyl groups is 1. The van der Waals surface area contributed by atoms with Gasteiger partial charge in [-0.1, -0.05) is 50.1 Å². The van der Waals surface area contributed by atoms with E-state index in [2.05, 4.69) is 0 Å². The summed E-state index contributed by atoms with van der Waals surface area (Å²) >= 11 is 0. The third-order valence-corrected chi connectivity index (χ3v) is 6.06. The summed E-state index contributed by atoms with van der Waals surface area (Å²) in [5.41, 5.74) is -0.345. The Hall–Kier alpha value is -1.75. The molecule has 0 saturated heterocycles. The number of benzene rings is 1. The Balaban J connectivity index is 2.13. The molecule has 23 heavy (non-hydrogen) atoms. The van der Waals surface area contributed by atoms with E-state index < -0.39 is 23.5 Å². The summed E-state index contributed by atoms with van der Waals surface area (Å²) in [7, 11) is 0. The predicted octanol–water partition coefficient (Wildman–Crippen LogP) is 2.80. The van der Waals surface area contributed by atoms with Crippen molar-refractivity contribution in [3.05, 3.63) is 46.0 Å². The topological polar surface area (TPSA) is 80.4 Å². The van der Waals surface area contributed by atoms with E-state index in [0.29, 0.717) is 6.42 Å². The average molecular weight is 317 g/mol. The predicted molar refractivity (Wildman–Crippen MR) is 85.6 cm³/mol. The fourth-order valence-electron chi connectivity index (χ4n) is 5.03. The Labute approximate surface area is 135 Å². The van der Waals surface area contributed by atoms with Gasteiger partial charge in [-0.05, 0) is 24.3 Å². The summed E-state index contributed by atoms with van der Waals surface area (Å²) in [6.07, 6.45) is 3.91. The van der Waals surface area contributed by atoms with E-state index in [0.717, 1.165) is 31.1 Å². The van der Waals surface area contributed by atoms with Crippen molar-refractivity contribution in [2.75, 3.05) is 0 Å². The molecule has 0 unspecified atom stereocenters. The van der Waals surface area contributed by atoms with E-state index in [-0.39, 0.29) is 16.8 Å². The minimum absolute atomic E-state index is 0.179. The lowest BCUT2D eigenvalue weighted by Gasteiger charge is -2.53. The summed E-state index contributed by atoms with van der Waals surface area (Å²) in [6, 6.07) is 8.33. The van der Waals surface area contributed by atoms with Gasteiger partial charge >= 0.3 is 0 Å². The van der Waals surface area contributed by atoms with Gasteiger partial charge in [0.15, 0.2) is 0 Å². The van der Waals surface area contributed by atoms with E-state index in [1.807, 2.05) is 37.3 Å². The van der Waals surface area contributed by atoms with Crippen molar-refractivity contribution < 1.29 is 14.8 Å². The molecule has 1 aromatic carbocycles. The zero-order chi connectivity index (χ0) is 16.6. The van der Waals surface area contributed by atoms with Crippen molar-refractivity contribution >= 4 is 6.29 Å². The highest BCUT2D eigenvalue weighted by molar-refractivity contribution is 5.60. The van der Waals surface area contributed by atoms with E-state index in [4.69, 9.17) is 0 Å². The molecule has 2 saturated carbocycles. The van der Waals surface area contributed by atoms with Crippen LogP contribution >= 0.6 is 0 Å². The fraction of sp³-hybridized carbons (Fsp3) is 0.611. The quantitative estimate of drug-likeness (QED) is 0.528. The number of carbonyl (C=O) groups excluding carboxylic acids is 1. The molecule has 2 aliphatic carbocycles. The van der Waals surface area contributed by atoms with Crippen LogP contribution in [0.1, 0.15) is 44.1 Å². The molecule has 5 nitrogen and oxygen atoms in total. The van der Waals surface area contributed by atoms with Gasteiger partial charge in [0.1, 0.15) is 6.29 Å². The highest BCUT2D eigenvalue weighted by Gasteiger charge is 2.61. The molecule has 0 aromatic heterocycles. The second-order valence-electron chi connectivity index (χ2n) is 7.08. The van der Waals surface area contributed by atoms with Gasteiger partial charge in [0.05, 0.1) is 17.4 Å². The summed E-state index contributed by atoms with van der Waals surface area (Å²) < 4.78 is 0. The SMILES string of the molecule is C[C@@H]1[C@@H]([N+](=O)[O-])[C@H](c2ccccc2)[C@@H](C=O)[C@]2(O)CCCC[C@@H]12. The van der Waals surface area contributed by atoms with E-state index in [9.17, 15) is 20.0 Å². The second-order valence-corrected chi connectivity index (χ2v) is 7.08. The Morgan fingerprint density at radius 3 is 2.61 bits per heavy atom. The first-order valence-electron chi connectivity index (χ1n) is 8.37. The number of nitrogens with zero attached hydrogens (tertiary/aromatic N) is 1. The lowest BCUT2D eigenvalue weighted by molar-refractivity contribution is -0.546. The van der Waals surface area contributed by atoms with E-state index in [1.54, 1.807) is 0 Å². The van der Waals surface area contributed by atoms with Gasteiger partial charge in [0.2, 0.25) is 6.04 Å². The van der Waals surface area contributed by atoms with Gasteiger partial charge in [-0.2, -0.15) is 0 Å². The normalized spacial score (nSPS) is 40.2. The summed E-state index contributed by atoms with van der Waals surface area (Å²) in [5.74, 6) is -1.72. The number of hydrogen-bond donors (Lipinski definition) is 1. The molecule has 2 fully saturated rings. The molecule has 0 aliphatic heterocycles. The molecule has 124 valence electrons. The largest absolute Gasteiger partial charge is 0.389 e. The Morgan fingerprint density at radius 1 is 1.30 bits per heavy atom. The molecule has 2 aliphatic rings. The molecule has 3 rings (SSSR count). The molecule has 6 atom stereocenters. The summed E-state index contributed by atoms with van der Waals surface area (Å²) in [5, 5.41) is 23.1. The molecular formula is C18H23NO4. The second kappa shape index (κ2) is 6.04. The van der Waals surface area contributed by atoms with Gasteiger partial charge in [-0.3, -0.25) is 10.1 Å². The monoisotopic (exact) mass is 317 g/mol. The zero-order valence-corrected chi connectivity index (χ0v) is 13.3. The molecule has 0 heterocycles. The number of nitro groups is 1. The molecule has 5 heteroatoms. The van der Waals surface area contributed by atoms with Gasteiger partial charge < -0.3 is 9.90 Å². The highest BCUT2D eigenvalue weighted by Crippen LogP contribution is 2.54. The maximum Gasteiger partial charge on any atom is 0.223 e. The molecule has 0 amide bonds. The molecule has 1 N–H and O–H groups in total. The molecular weight excluding hydrogens is 294 g/mol. The molecule has 1 aromatic rings. The zero-order valence-electron chi connectivity index (χ0n) is 13.3. The van der Waals surface area contributed by atoms with Crippen molar-refractivity contribution in [3.8, 4) is 0 Å². The van der Waals surface area contributed by atoms with Crippen LogP contribution in [0.25, 0.3) is 0 Å². The summed E-state index contributed by atoms with van der Waals surface area (Å²) in [6.45, 7) is 1.87. The third kappa shape index (κ3) is 2.47. The van der Waals surface area contributed by atoms with Crippen LogP contribution in [-0.4, -0.2) is 28.0 Å². The van der Waals surface area contributed by atoms with Crippen LogP contribution in [0, 0.1) is 27.9 Å². The molecule has 0 bridgehead atoms. The van der Waals surface area contributed by atoms with Crippen molar-refractivity contribution in [2.45, 2.75) is 50.2 Å². The first-order chi connectivity index (χ1) is 11.0. The Kier molecular flexibility index (Phi) is 4.23.